The molecular weight excluding hydrogens is 666 g/mol. The van der Waals surface area contributed by atoms with Crippen LogP contribution in [0.25, 0.3) is 0 Å². The summed E-state index contributed by atoms with van der Waals surface area (Å²) in [7, 11) is 1.20. The van der Waals surface area contributed by atoms with Gasteiger partial charge in [-0.05, 0) is 93.1 Å². The average molecular weight is 708 g/mol. The molecule has 3 aliphatic rings. The highest BCUT2D eigenvalue weighted by atomic mass is 16.7. The zero-order valence-corrected chi connectivity index (χ0v) is 29.4. The minimum Gasteiger partial charge on any atom is -0.491 e. The Morgan fingerprint density at radius 1 is 0.885 bits per heavy atom. The molecule has 2 aliphatic heterocycles. The first kappa shape index (κ1) is 36.4. The van der Waals surface area contributed by atoms with Crippen LogP contribution in [0.2, 0.25) is 0 Å². The number of epoxide rings is 1. The van der Waals surface area contributed by atoms with Crippen molar-refractivity contribution in [3.63, 3.8) is 0 Å². The summed E-state index contributed by atoms with van der Waals surface area (Å²) in [5.41, 5.74) is 2.51. The zero-order valence-electron chi connectivity index (χ0n) is 29.4. The number of rotatable bonds is 15. The molecule has 52 heavy (non-hydrogen) atoms. The number of hydrogen-bond acceptors (Lipinski definition) is 12. The summed E-state index contributed by atoms with van der Waals surface area (Å²) in [4.78, 5) is 61.0. The maximum atomic E-state index is 13.7. The van der Waals surface area contributed by atoms with Crippen molar-refractivity contribution < 1.29 is 43.0 Å². The summed E-state index contributed by atoms with van der Waals surface area (Å²) in [5, 5.41) is 3.77. The number of anilines is 3. The number of morpholine rings is 1. The lowest BCUT2D eigenvalue weighted by atomic mass is 9.90. The molecule has 0 aromatic heterocycles. The topological polar surface area (TPSA) is 137 Å². The molecule has 1 aliphatic carbocycles. The number of carbonyl (C=O) groups is 4. The van der Waals surface area contributed by atoms with E-state index in [1.54, 1.807) is 42.5 Å². The van der Waals surface area contributed by atoms with E-state index >= 15 is 0 Å². The van der Waals surface area contributed by atoms with Crippen LogP contribution in [0, 0.1) is 0 Å². The predicted octanol–water partition coefficient (Wildman–Crippen LogP) is 5.76. The van der Waals surface area contributed by atoms with Crippen molar-refractivity contribution in [1.29, 1.82) is 0 Å². The Kier molecular flexibility index (Phi) is 11.4. The molecule has 12 nitrogen and oxygen atoms in total. The van der Waals surface area contributed by atoms with E-state index in [1.165, 1.54) is 7.11 Å². The van der Waals surface area contributed by atoms with Crippen LogP contribution >= 0.6 is 0 Å². The van der Waals surface area contributed by atoms with E-state index in [0.717, 1.165) is 11.4 Å². The second-order valence-corrected chi connectivity index (χ2v) is 13.0. The summed E-state index contributed by atoms with van der Waals surface area (Å²) in [6, 6.07) is 21.8. The average Bonchev–Trinajstić information content (AvgIpc) is 3.85. The number of Topliss-reactive ketones (excluding diaryl/α,β-unsaturated/α-hetero) is 2. The van der Waals surface area contributed by atoms with Crippen LogP contribution in [0.3, 0.4) is 0 Å². The minimum absolute atomic E-state index is 0.0169. The van der Waals surface area contributed by atoms with E-state index in [-0.39, 0.29) is 23.2 Å². The molecule has 2 fully saturated rings. The molecule has 6 rings (SSSR count). The van der Waals surface area contributed by atoms with Crippen molar-refractivity contribution in [2.75, 3.05) is 51.5 Å². The van der Waals surface area contributed by atoms with Gasteiger partial charge in [0.05, 0.1) is 38.9 Å². The molecule has 270 valence electrons. The van der Waals surface area contributed by atoms with Gasteiger partial charge < -0.3 is 28.7 Å². The molecular formula is C40H41N3O9. The zero-order chi connectivity index (χ0) is 36.7. The minimum atomic E-state index is -0.708. The van der Waals surface area contributed by atoms with E-state index in [2.05, 4.69) is 10.1 Å². The van der Waals surface area contributed by atoms with Gasteiger partial charge in [-0.3, -0.25) is 19.3 Å². The number of allylic oxidation sites excluding steroid dienone is 3. The molecule has 12 heteroatoms. The Hall–Kier alpha value is -5.43. The largest absolute Gasteiger partial charge is 0.491 e. The van der Waals surface area contributed by atoms with Crippen molar-refractivity contribution in [1.82, 2.24) is 4.90 Å². The van der Waals surface area contributed by atoms with Gasteiger partial charge in [-0.15, -0.1) is 0 Å². The van der Waals surface area contributed by atoms with E-state index < -0.39 is 29.7 Å². The number of nitrogens with zero attached hydrogens (tertiary/aromatic N) is 3. The number of esters is 1. The van der Waals surface area contributed by atoms with Crippen molar-refractivity contribution in [3.05, 3.63) is 108 Å². The number of ketones is 2. The smallest absolute Gasteiger partial charge is 0.362 e. The maximum absolute atomic E-state index is 13.7. The first-order valence-electron chi connectivity index (χ1n) is 17.1. The third-order valence-electron chi connectivity index (χ3n) is 9.14. The summed E-state index contributed by atoms with van der Waals surface area (Å²) in [6.45, 7) is 7.62. The monoisotopic (exact) mass is 707 g/mol. The fourth-order valence-corrected chi connectivity index (χ4v) is 5.92. The third kappa shape index (κ3) is 8.71. The van der Waals surface area contributed by atoms with Gasteiger partial charge in [0, 0.05) is 46.9 Å². The normalized spacial score (nSPS) is 17.2. The van der Waals surface area contributed by atoms with Crippen molar-refractivity contribution in [2.45, 2.75) is 38.3 Å². The SMILES string of the molecule is COC(=O)C/C(=N\OC(=O)C1=CC=CC1)C(=O)c1ccc(N(c2ccc(OCC3CO3)cc2)c2ccc(C(=O)C(C)(C)N3CCOCC3)cc2)cc1. The van der Waals surface area contributed by atoms with Crippen LogP contribution in [0.5, 0.6) is 5.75 Å². The van der Waals surface area contributed by atoms with Gasteiger partial charge in [-0.1, -0.05) is 23.4 Å². The van der Waals surface area contributed by atoms with Crippen molar-refractivity contribution >= 4 is 46.3 Å². The number of oxime groups is 1. The second kappa shape index (κ2) is 16.3. The highest BCUT2D eigenvalue weighted by Crippen LogP contribution is 2.36. The van der Waals surface area contributed by atoms with Crippen LogP contribution in [0.4, 0.5) is 17.1 Å². The standard InChI is InChI=1S/C40H41N3O9/c1-40(2,42-20-22-49-23-21-42)38(46)28-10-14-31(15-11-28)43(32-16-18-33(19-17-32)50-25-34-26-51-34)30-12-8-27(9-13-30)37(45)35(24-36(44)48-3)41-52-39(47)29-6-4-5-7-29/h4-6,8-19,34H,7,20-26H2,1-3H3/b41-35+. The Labute approximate surface area is 302 Å². The van der Waals surface area contributed by atoms with Gasteiger partial charge in [0.2, 0.25) is 5.78 Å². The highest BCUT2D eigenvalue weighted by molar-refractivity contribution is 6.48. The van der Waals surface area contributed by atoms with Crippen LogP contribution in [-0.2, 0) is 28.6 Å². The molecule has 0 radical (unpaired) electrons. The lowest BCUT2D eigenvalue weighted by molar-refractivity contribution is -0.141. The Morgan fingerprint density at radius 3 is 2.04 bits per heavy atom. The van der Waals surface area contributed by atoms with Crippen molar-refractivity contribution in [2.24, 2.45) is 5.16 Å². The quantitative estimate of drug-likeness (QED) is 0.0476. The van der Waals surface area contributed by atoms with Crippen molar-refractivity contribution in [3.8, 4) is 5.75 Å². The number of ether oxygens (including phenoxy) is 4. The van der Waals surface area contributed by atoms with Gasteiger partial charge in [0.25, 0.3) is 0 Å². The third-order valence-corrected chi connectivity index (χ3v) is 9.14. The number of methoxy groups -OCH3 is 1. The molecule has 0 N–H and O–H groups in total. The molecule has 1 atom stereocenters. The predicted molar refractivity (Wildman–Crippen MR) is 193 cm³/mol. The summed E-state index contributed by atoms with van der Waals surface area (Å²) >= 11 is 0. The molecule has 3 aromatic rings. The van der Waals surface area contributed by atoms with E-state index in [9.17, 15) is 19.2 Å². The Balaban J connectivity index is 1.26. The van der Waals surface area contributed by atoms with Gasteiger partial charge >= 0.3 is 11.9 Å². The summed E-state index contributed by atoms with van der Waals surface area (Å²) in [5.74, 6) is -1.30. The second-order valence-electron chi connectivity index (χ2n) is 13.0. The van der Waals surface area contributed by atoms with Crippen LogP contribution in [0.1, 0.15) is 47.4 Å². The van der Waals surface area contributed by atoms with E-state index in [0.29, 0.717) is 68.5 Å². The molecule has 2 saturated heterocycles. The lowest BCUT2D eigenvalue weighted by Gasteiger charge is -2.39. The molecule has 3 aromatic carbocycles. The first-order valence-corrected chi connectivity index (χ1v) is 17.1. The van der Waals surface area contributed by atoms with Gasteiger partial charge in [0.1, 0.15) is 24.2 Å². The fourth-order valence-electron chi connectivity index (χ4n) is 5.92. The van der Waals surface area contributed by atoms with Gasteiger partial charge in [-0.2, -0.15) is 0 Å². The molecule has 1 unspecified atom stereocenters. The molecule has 0 saturated carbocycles. The summed E-state index contributed by atoms with van der Waals surface area (Å²) in [6.07, 6.45) is 5.15. The molecule has 0 bridgehead atoms. The first-order chi connectivity index (χ1) is 25.1. The highest BCUT2D eigenvalue weighted by Gasteiger charge is 2.36. The fraction of sp³-hybridized carbons (Fsp3) is 0.325. The number of carbonyl (C=O) groups excluding carboxylic acids is 4. The van der Waals surface area contributed by atoms with Crippen LogP contribution < -0.4 is 9.64 Å². The molecule has 0 amide bonds. The maximum Gasteiger partial charge on any atom is 0.362 e. The molecule has 0 spiro atoms. The number of benzene rings is 3. The Bertz CT molecular complexity index is 1870. The van der Waals surface area contributed by atoms with Crippen LogP contribution in [-0.4, -0.2) is 92.4 Å². The molecule has 2 heterocycles. The van der Waals surface area contributed by atoms with Gasteiger partial charge in [-0.25, -0.2) is 4.79 Å². The van der Waals surface area contributed by atoms with Crippen LogP contribution in [0.15, 0.2) is 102 Å². The van der Waals surface area contributed by atoms with E-state index in [4.69, 9.17) is 23.8 Å². The van der Waals surface area contributed by atoms with E-state index in [1.807, 2.05) is 67.3 Å². The number of hydrogen-bond donors (Lipinski definition) is 0. The Morgan fingerprint density at radius 2 is 1.48 bits per heavy atom. The summed E-state index contributed by atoms with van der Waals surface area (Å²) < 4.78 is 21.3. The van der Waals surface area contributed by atoms with Gasteiger partial charge in [0.15, 0.2) is 5.78 Å². The lowest BCUT2D eigenvalue weighted by Crippen LogP contribution is -2.54.